The Morgan fingerprint density at radius 2 is 2.14 bits per heavy atom. The summed E-state index contributed by atoms with van der Waals surface area (Å²) in [6.45, 7) is 4.65. The Kier molecular flexibility index (Phi) is 5.93. The van der Waals surface area contributed by atoms with Crippen LogP contribution in [0.25, 0.3) is 28.2 Å². The molecule has 0 radical (unpaired) electrons. The summed E-state index contributed by atoms with van der Waals surface area (Å²) in [7, 11) is 0. The van der Waals surface area contributed by atoms with Gasteiger partial charge in [-0.05, 0) is 57.4 Å². The van der Waals surface area contributed by atoms with E-state index in [0.717, 1.165) is 35.9 Å². The van der Waals surface area contributed by atoms with Gasteiger partial charge in [-0.3, -0.25) is 4.79 Å². The van der Waals surface area contributed by atoms with Crippen molar-refractivity contribution in [2.75, 3.05) is 6.61 Å². The van der Waals surface area contributed by atoms with Crippen LogP contribution in [0.15, 0.2) is 42.9 Å². The topological polar surface area (TPSA) is 134 Å². The molecule has 1 aliphatic heterocycles. The van der Waals surface area contributed by atoms with Crippen LogP contribution in [-0.2, 0) is 4.74 Å². The van der Waals surface area contributed by atoms with Crippen LogP contribution in [0.2, 0.25) is 0 Å². The Hall–Kier alpha value is -4.23. The highest BCUT2D eigenvalue weighted by Crippen LogP contribution is 2.34. The van der Waals surface area contributed by atoms with E-state index in [1.54, 1.807) is 16.8 Å². The summed E-state index contributed by atoms with van der Waals surface area (Å²) in [5.74, 6) is 0.926. The molecule has 1 aromatic carbocycles. The van der Waals surface area contributed by atoms with Gasteiger partial charge in [0.2, 0.25) is 0 Å². The van der Waals surface area contributed by atoms with Crippen LogP contribution in [0.3, 0.4) is 0 Å². The fraction of sp³-hybridized carbons (Fsp3) is 0.320. The summed E-state index contributed by atoms with van der Waals surface area (Å²) in [5, 5.41) is 15.1. The minimum absolute atomic E-state index is 0.0229. The molecule has 0 aliphatic carbocycles. The van der Waals surface area contributed by atoms with Crippen LogP contribution in [0.1, 0.15) is 55.3 Å². The van der Waals surface area contributed by atoms with E-state index < -0.39 is 5.91 Å². The fourth-order valence-electron chi connectivity index (χ4n) is 4.25. The van der Waals surface area contributed by atoms with Gasteiger partial charge in [0.05, 0.1) is 22.7 Å². The summed E-state index contributed by atoms with van der Waals surface area (Å²) < 4.78 is 15.4. The summed E-state index contributed by atoms with van der Waals surface area (Å²) >= 11 is 0. The zero-order valence-electron chi connectivity index (χ0n) is 19.5. The van der Waals surface area contributed by atoms with Gasteiger partial charge in [-0.1, -0.05) is 0 Å². The lowest BCUT2D eigenvalue weighted by molar-refractivity contribution is -0.0365. The highest BCUT2D eigenvalue weighted by atomic mass is 16.5. The van der Waals surface area contributed by atoms with Gasteiger partial charge in [0.1, 0.15) is 23.3 Å². The second-order valence-corrected chi connectivity index (χ2v) is 8.67. The van der Waals surface area contributed by atoms with Gasteiger partial charge < -0.3 is 19.8 Å². The number of nitrogens with zero attached hydrogens (tertiary/aromatic N) is 6. The molecule has 1 aliphatic rings. The predicted molar refractivity (Wildman–Crippen MR) is 128 cm³/mol. The first-order chi connectivity index (χ1) is 16.9. The van der Waals surface area contributed by atoms with E-state index in [2.05, 4.69) is 4.98 Å². The molecule has 35 heavy (non-hydrogen) atoms. The molecule has 178 valence electrons. The van der Waals surface area contributed by atoms with E-state index in [0.29, 0.717) is 23.9 Å². The lowest BCUT2D eigenvalue weighted by Gasteiger charge is -2.23. The molecule has 0 saturated carbocycles. The molecular formula is C25H25N7O3. The maximum atomic E-state index is 11.7. The maximum Gasteiger partial charge on any atom is 0.251 e. The van der Waals surface area contributed by atoms with Crippen LogP contribution in [0, 0.1) is 11.3 Å². The zero-order valence-corrected chi connectivity index (χ0v) is 19.5. The minimum atomic E-state index is -0.676. The van der Waals surface area contributed by atoms with Gasteiger partial charge in [-0.25, -0.2) is 14.6 Å². The van der Waals surface area contributed by atoms with Crippen molar-refractivity contribution in [2.24, 2.45) is 5.73 Å². The van der Waals surface area contributed by atoms with Crippen molar-refractivity contribution < 1.29 is 14.3 Å². The molecule has 1 atom stereocenters. The van der Waals surface area contributed by atoms with Crippen molar-refractivity contribution in [3.05, 3.63) is 54.0 Å². The van der Waals surface area contributed by atoms with Gasteiger partial charge in [0.25, 0.3) is 5.91 Å². The van der Waals surface area contributed by atoms with Gasteiger partial charge in [-0.15, -0.1) is 0 Å². The molecule has 10 nitrogen and oxygen atoms in total. The molecule has 4 aromatic rings. The van der Waals surface area contributed by atoms with Crippen LogP contribution < -0.4 is 10.5 Å². The molecule has 1 fully saturated rings. The molecule has 10 heteroatoms. The standard InChI is InChI=1S/C25H25N7O3/c1-15(2)35-17-6-7-20-18(11-17)23(30-32(20)22-5-3-4-10-34-22)25-28-9-8-21(29-25)31-13-16(12-26)19(14-31)24(27)33/h6-9,11,13-15,22H,3-5,10H2,1-2H3,(H2,27,33). The summed E-state index contributed by atoms with van der Waals surface area (Å²) in [6.07, 6.45) is 7.47. The molecule has 2 N–H and O–H groups in total. The number of nitrogens with two attached hydrogens (primary N) is 1. The summed E-state index contributed by atoms with van der Waals surface area (Å²) in [6, 6.07) is 9.53. The number of fused-ring (bicyclic) bond motifs is 1. The molecular weight excluding hydrogens is 446 g/mol. The van der Waals surface area contributed by atoms with Gasteiger partial charge in [0, 0.05) is 30.6 Å². The van der Waals surface area contributed by atoms with E-state index in [-0.39, 0.29) is 23.5 Å². The number of carbonyl (C=O) groups excluding carboxylic acids is 1. The lowest BCUT2D eigenvalue weighted by atomic mass is 10.1. The van der Waals surface area contributed by atoms with Crippen molar-refractivity contribution in [1.29, 1.82) is 5.26 Å². The normalized spacial score (nSPS) is 15.9. The monoisotopic (exact) mass is 471 g/mol. The SMILES string of the molecule is CC(C)Oc1ccc2c(c1)c(-c1nccc(-n3cc(C#N)c(C(N)=O)c3)n1)nn2C1CCCCO1. The Bertz CT molecular complexity index is 1440. The predicted octanol–water partition coefficient (Wildman–Crippen LogP) is 3.74. The quantitative estimate of drug-likeness (QED) is 0.453. The molecule has 4 heterocycles. The van der Waals surface area contributed by atoms with Gasteiger partial charge in [0.15, 0.2) is 12.1 Å². The van der Waals surface area contributed by atoms with Crippen molar-refractivity contribution in [3.8, 4) is 29.2 Å². The van der Waals surface area contributed by atoms with Crippen LogP contribution in [0.4, 0.5) is 0 Å². The fourth-order valence-corrected chi connectivity index (χ4v) is 4.25. The third-order valence-electron chi connectivity index (χ3n) is 5.81. The Morgan fingerprint density at radius 1 is 1.29 bits per heavy atom. The van der Waals surface area contributed by atoms with Crippen LogP contribution in [0.5, 0.6) is 5.75 Å². The Morgan fingerprint density at radius 3 is 2.83 bits per heavy atom. The number of rotatable bonds is 6. The third-order valence-corrected chi connectivity index (χ3v) is 5.81. The summed E-state index contributed by atoms with van der Waals surface area (Å²) in [5.41, 5.74) is 7.22. The van der Waals surface area contributed by atoms with Crippen molar-refractivity contribution in [1.82, 2.24) is 24.3 Å². The second kappa shape index (κ2) is 9.19. The molecule has 0 bridgehead atoms. The number of hydrogen-bond donors (Lipinski definition) is 1. The van der Waals surface area contributed by atoms with E-state index in [1.165, 1.54) is 12.4 Å². The van der Waals surface area contributed by atoms with E-state index in [1.807, 2.05) is 42.8 Å². The molecule has 5 rings (SSSR count). The van der Waals surface area contributed by atoms with E-state index in [4.69, 9.17) is 25.3 Å². The number of carbonyl (C=O) groups is 1. The number of amides is 1. The van der Waals surface area contributed by atoms with Gasteiger partial charge >= 0.3 is 0 Å². The first kappa shape index (κ1) is 22.6. The molecule has 1 saturated heterocycles. The molecule has 3 aromatic heterocycles. The van der Waals surface area contributed by atoms with Crippen molar-refractivity contribution in [2.45, 2.75) is 45.4 Å². The number of hydrogen-bond acceptors (Lipinski definition) is 7. The smallest absolute Gasteiger partial charge is 0.251 e. The number of nitriles is 1. The highest BCUT2D eigenvalue weighted by molar-refractivity contribution is 5.95. The van der Waals surface area contributed by atoms with Crippen molar-refractivity contribution >= 4 is 16.8 Å². The average Bonchev–Trinajstić information content (AvgIpc) is 3.46. The third kappa shape index (κ3) is 4.34. The maximum absolute atomic E-state index is 11.7. The highest BCUT2D eigenvalue weighted by Gasteiger charge is 2.23. The van der Waals surface area contributed by atoms with Crippen LogP contribution in [-0.4, -0.2) is 42.9 Å². The Labute approximate surface area is 201 Å². The Balaban J connectivity index is 1.63. The number of benzene rings is 1. The first-order valence-corrected chi connectivity index (χ1v) is 11.5. The zero-order chi connectivity index (χ0) is 24.5. The second-order valence-electron chi connectivity index (χ2n) is 8.67. The number of primary amides is 1. The van der Waals surface area contributed by atoms with E-state index >= 15 is 0 Å². The average molecular weight is 472 g/mol. The van der Waals surface area contributed by atoms with Gasteiger partial charge in [-0.2, -0.15) is 10.4 Å². The molecule has 1 amide bonds. The summed E-state index contributed by atoms with van der Waals surface area (Å²) in [4.78, 5) is 20.9. The minimum Gasteiger partial charge on any atom is -0.491 e. The molecule has 1 unspecified atom stereocenters. The van der Waals surface area contributed by atoms with E-state index in [9.17, 15) is 10.1 Å². The number of aromatic nitrogens is 5. The van der Waals surface area contributed by atoms with Crippen LogP contribution >= 0.6 is 0 Å². The number of ether oxygens (including phenoxy) is 2. The largest absolute Gasteiger partial charge is 0.491 e. The molecule has 0 spiro atoms. The van der Waals surface area contributed by atoms with Crippen molar-refractivity contribution in [3.63, 3.8) is 0 Å². The lowest BCUT2D eigenvalue weighted by Crippen LogP contribution is -2.19. The first-order valence-electron chi connectivity index (χ1n) is 11.5.